The lowest BCUT2D eigenvalue weighted by molar-refractivity contribution is 0.412. The van der Waals surface area contributed by atoms with Crippen molar-refractivity contribution >= 4 is 16.7 Å². The summed E-state index contributed by atoms with van der Waals surface area (Å²) in [5.41, 5.74) is 1.85. The summed E-state index contributed by atoms with van der Waals surface area (Å²) in [6.45, 7) is 4.52. The van der Waals surface area contributed by atoms with Gasteiger partial charge in [0.2, 0.25) is 5.13 Å². The SMILES string of the molecule is Cc1nsc(N(CCN(C)C)Cc2ccc(C#N)cc2)n1. The van der Waals surface area contributed by atoms with Crippen LogP contribution in [0.25, 0.3) is 0 Å². The van der Waals surface area contributed by atoms with Gasteiger partial charge in [-0.1, -0.05) is 12.1 Å². The predicted octanol–water partition coefficient (Wildman–Crippen LogP) is 2.29. The van der Waals surface area contributed by atoms with Gasteiger partial charge in [0.05, 0.1) is 11.6 Å². The maximum absolute atomic E-state index is 8.85. The number of hydrogen-bond donors (Lipinski definition) is 0. The molecule has 6 heteroatoms. The van der Waals surface area contributed by atoms with Gasteiger partial charge in [-0.3, -0.25) is 0 Å². The maximum atomic E-state index is 8.85. The first-order valence-electron chi connectivity index (χ1n) is 6.77. The Labute approximate surface area is 129 Å². The fraction of sp³-hybridized carbons (Fsp3) is 0.400. The van der Waals surface area contributed by atoms with Gasteiger partial charge in [0, 0.05) is 31.2 Å². The molecular weight excluding hydrogens is 282 g/mol. The lowest BCUT2D eigenvalue weighted by Gasteiger charge is -2.23. The van der Waals surface area contributed by atoms with Gasteiger partial charge < -0.3 is 9.80 Å². The first kappa shape index (κ1) is 15.4. The second kappa shape index (κ2) is 7.16. The monoisotopic (exact) mass is 301 g/mol. The number of rotatable bonds is 6. The molecule has 0 unspecified atom stereocenters. The predicted molar refractivity (Wildman–Crippen MR) is 85.4 cm³/mol. The highest BCUT2D eigenvalue weighted by atomic mass is 32.1. The highest BCUT2D eigenvalue weighted by Crippen LogP contribution is 2.19. The van der Waals surface area contributed by atoms with Crippen molar-refractivity contribution in [1.29, 1.82) is 5.26 Å². The van der Waals surface area contributed by atoms with Gasteiger partial charge in [-0.05, 0) is 38.7 Å². The summed E-state index contributed by atoms with van der Waals surface area (Å²) in [6.07, 6.45) is 0. The molecule has 2 aromatic rings. The molecule has 1 aromatic carbocycles. The third-order valence-electron chi connectivity index (χ3n) is 3.06. The van der Waals surface area contributed by atoms with Crippen molar-refractivity contribution in [3.63, 3.8) is 0 Å². The average Bonchev–Trinajstić information content (AvgIpc) is 2.90. The van der Waals surface area contributed by atoms with Gasteiger partial charge >= 0.3 is 0 Å². The number of nitrogens with zero attached hydrogens (tertiary/aromatic N) is 5. The van der Waals surface area contributed by atoms with Crippen molar-refractivity contribution in [2.45, 2.75) is 13.5 Å². The molecule has 0 aliphatic heterocycles. The molecule has 1 heterocycles. The van der Waals surface area contributed by atoms with Crippen LogP contribution in [-0.2, 0) is 6.54 Å². The Hall–Kier alpha value is -1.97. The molecule has 0 radical (unpaired) electrons. The fourth-order valence-electron chi connectivity index (χ4n) is 1.88. The molecule has 0 aliphatic carbocycles. The molecule has 0 saturated carbocycles. The van der Waals surface area contributed by atoms with Crippen LogP contribution in [0.4, 0.5) is 5.13 Å². The van der Waals surface area contributed by atoms with Gasteiger partial charge in [-0.25, -0.2) is 4.98 Å². The van der Waals surface area contributed by atoms with Crippen molar-refractivity contribution in [2.24, 2.45) is 0 Å². The molecule has 21 heavy (non-hydrogen) atoms. The van der Waals surface area contributed by atoms with Crippen LogP contribution < -0.4 is 4.90 Å². The lowest BCUT2D eigenvalue weighted by Crippen LogP contribution is -2.31. The van der Waals surface area contributed by atoms with Gasteiger partial charge in [0.25, 0.3) is 0 Å². The first-order valence-corrected chi connectivity index (χ1v) is 7.55. The molecule has 110 valence electrons. The Kier molecular flexibility index (Phi) is 5.26. The number of aromatic nitrogens is 2. The van der Waals surface area contributed by atoms with E-state index in [0.717, 1.165) is 30.6 Å². The Morgan fingerprint density at radius 1 is 1.19 bits per heavy atom. The van der Waals surface area contributed by atoms with E-state index in [1.165, 1.54) is 17.1 Å². The molecule has 1 aromatic heterocycles. The Balaban J connectivity index is 2.12. The van der Waals surface area contributed by atoms with E-state index in [1.54, 1.807) is 0 Å². The zero-order chi connectivity index (χ0) is 15.2. The molecule has 0 atom stereocenters. The van der Waals surface area contributed by atoms with Crippen LogP contribution in [0.5, 0.6) is 0 Å². The van der Waals surface area contributed by atoms with E-state index in [9.17, 15) is 0 Å². The summed E-state index contributed by atoms with van der Waals surface area (Å²) in [6, 6.07) is 9.84. The van der Waals surface area contributed by atoms with E-state index in [4.69, 9.17) is 5.26 Å². The van der Waals surface area contributed by atoms with Crippen LogP contribution in [0.15, 0.2) is 24.3 Å². The first-order chi connectivity index (χ1) is 10.1. The molecular formula is C15H19N5S. The van der Waals surface area contributed by atoms with Crippen LogP contribution in [0.1, 0.15) is 17.0 Å². The number of hydrogen-bond acceptors (Lipinski definition) is 6. The van der Waals surface area contributed by atoms with Crippen LogP contribution in [-0.4, -0.2) is 41.4 Å². The molecule has 0 amide bonds. The molecule has 2 rings (SSSR count). The molecule has 5 nitrogen and oxygen atoms in total. The van der Waals surface area contributed by atoms with E-state index in [0.29, 0.717) is 5.56 Å². The topological polar surface area (TPSA) is 56.1 Å². The van der Waals surface area contributed by atoms with Crippen molar-refractivity contribution in [3.8, 4) is 6.07 Å². The Morgan fingerprint density at radius 2 is 1.90 bits per heavy atom. The van der Waals surface area contributed by atoms with Crippen LogP contribution >= 0.6 is 11.5 Å². The maximum Gasteiger partial charge on any atom is 0.205 e. The van der Waals surface area contributed by atoms with Gasteiger partial charge in [0.15, 0.2) is 0 Å². The summed E-state index contributed by atoms with van der Waals surface area (Å²) in [7, 11) is 4.12. The van der Waals surface area contributed by atoms with Crippen molar-refractivity contribution < 1.29 is 0 Å². The second-order valence-corrected chi connectivity index (χ2v) is 5.89. The zero-order valence-electron chi connectivity index (χ0n) is 12.6. The number of benzene rings is 1. The number of nitriles is 1. The van der Waals surface area contributed by atoms with Gasteiger partial charge in [-0.15, -0.1) is 0 Å². The lowest BCUT2D eigenvalue weighted by atomic mass is 10.1. The Morgan fingerprint density at radius 3 is 2.43 bits per heavy atom. The van der Waals surface area contributed by atoms with Crippen LogP contribution in [0.3, 0.4) is 0 Å². The minimum Gasteiger partial charge on any atom is -0.341 e. The number of aryl methyl sites for hydroxylation is 1. The van der Waals surface area contributed by atoms with Crippen molar-refractivity contribution in [1.82, 2.24) is 14.3 Å². The summed E-state index contributed by atoms with van der Waals surface area (Å²) >= 11 is 1.43. The Bertz CT molecular complexity index is 612. The summed E-state index contributed by atoms with van der Waals surface area (Å²) in [5.74, 6) is 0.810. The fourth-order valence-corrected chi connectivity index (χ4v) is 2.58. The minimum atomic E-state index is 0.686. The summed E-state index contributed by atoms with van der Waals surface area (Å²) in [4.78, 5) is 8.86. The van der Waals surface area contributed by atoms with E-state index < -0.39 is 0 Å². The molecule has 0 spiro atoms. The molecule has 0 N–H and O–H groups in total. The molecule has 0 saturated heterocycles. The highest BCUT2D eigenvalue weighted by Gasteiger charge is 2.12. The van der Waals surface area contributed by atoms with Gasteiger partial charge in [-0.2, -0.15) is 9.64 Å². The third-order valence-corrected chi connectivity index (χ3v) is 3.93. The smallest absolute Gasteiger partial charge is 0.205 e. The molecule has 0 bridgehead atoms. The third kappa shape index (κ3) is 4.52. The highest BCUT2D eigenvalue weighted by molar-refractivity contribution is 7.09. The largest absolute Gasteiger partial charge is 0.341 e. The standard InChI is InChI=1S/C15H19N5S/c1-12-17-15(21-18-12)20(9-8-19(2)3)11-14-6-4-13(10-16)5-7-14/h4-7H,8-9,11H2,1-3H3. The van der Waals surface area contributed by atoms with E-state index in [2.05, 4.69) is 39.3 Å². The number of likely N-dealkylation sites (N-methyl/N-ethyl adjacent to an activating group) is 1. The average molecular weight is 301 g/mol. The summed E-state index contributed by atoms with van der Waals surface area (Å²) in [5, 5.41) is 9.80. The van der Waals surface area contributed by atoms with Crippen LogP contribution in [0.2, 0.25) is 0 Å². The van der Waals surface area contributed by atoms with Crippen molar-refractivity contribution in [2.75, 3.05) is 32.1 Å². The van der Waals surface area contributed by atoms with Gasteiger partial charge in [0.1, 0.15) is 5.82 Å². The van der Waals surface area contributed by atoms with E-state index in [-0.39, 0.29) is 0 Å². The number of anilines is 1. The normalized spacial score (nSPS) is 10.6. The molecule has 0 aliphatic rings. The molecule has 0 fully saturated rings. The quantitative estimate of drug-likeness (QED) is 0.819. The second-order valence-electron chi connectivity index (χ2n) is 5.16. The van der Waals surface area contributed by atoms with Crippen LogP contribution in [0, 0.1) is 18.3 Å². The minimum absolute atomic E-state index is 0.686. The van der Waals surface area contributed by atoms with Crippen molar-refractivity contribution in [3.05, 3.63) is 41.2 Å². The van der Waals surface area contributed by atoms with E-state index >= 15 is 0 Å². The summed E-state index contributed by atoms with van der Waals surface area (Å²) < 4.78 is 4.27. The van der Waals surface area contributed by atoms with E-state index in [1.807, 2.05) is 31.2 Å². The zero-order valence-corrected chi connectivity index (χ0v) is 13.4.